The van der Waals surface area contributed by atoms with E-state index in [0.717, 1.165) is 25.7 Å². The van der Waals surface area contributed by atoms with Crippen LogP contribution >= 0.6 is 0 Å². The lowest BCUT2D eigenvalue weighted by Gasteiger charge is -2.44. The van der Waals surface area contributed by atoms with Crippen molar-refractivity contribution in [2.45, 2.75) is 51.1 Å². The van der Waals surface area contributed by atoms with Gasteiger partial charge in [0.05, 0.1) is 0 Å². The molecular weight excluding hydrogens is 204 g/mol. The molecule has 1 N–H and O–H groups in total. The quantitative estimate of drug-likeness (QED) is 0.720. The van der Waals surface area contributed by atoms with Gasteiger partial charge in [0.15, 0.2) is 0 Å². The Hall–Kier alpha value is -1.06. The Kier molecular flexibility index (Phi) is 2.68. The van der Waals surface area contributed by atoms with Crippen molar-refractivity contribution in [2.24, 2.45) is 5.92 Å². The Morgan fingerprint density at radius 2 is 1.88 bits per heavy atom. The van der Waals surface area contributed by atoms with Crippen LogP contribution in [0.5, 0.6) is 0 Å². The molecule has 0 radical (unpaired) electrons. The topological polar surface area (TPSA) is 49.4 Å². The van der Waals surface area contributed by atoms with E-state index in [2.05, 4.69) is 5.32 Å². The summed E-state index contributed by atoms with van der Waals surface area (Å²) < 4.78 is 0. The van der Waals surface area contributed by atoms with Crippen LogP contribution in [0, 0.1) is 5.92 Å². The van der Waals surface area contributed by atoms with Gasteiger partial charge < -0.3 is 10.2 Å². The molecular formula is C12H20N2O2. The van der Waals surface area contributed by atoms with Crippen LogP contribution in [0.3, 0.4) is 0 Å². The second kappa shape index (κ2) is 3.75. The minimum atomic E-state index is -0.572. The minimum Gasteiger partial charge on any atom is -0.340 e. The summed E-state index contributed by atoms with van der Waals surface area (Å²) in [6, 6.07) is -0.307. The number of carbonyl (C=O) groups is 2. The fraction of sp³-hybridized carbons (Fsp3) is 0.833. The van der Waals surface area contributed by atoms with E-state index in [-0.39, 0.29) is 23.8 Å². The largest absolute Gasteiger partial charge is 0.340 e. The Bertz CT molecular complexity index is 319. The molecule has 1 unspecified atom stereocenters. The summed E-state index contributed by atoms with van der Waals surface area (Å²) in [6.45, 7) is 3.95. The molecule has 0 bridgehead atoms. The van der Waals surface area contributed by atoms with E-state index in [0.29, 0.717) is 0 Å². The second-order valence-corrected chi connectivity index (χ2v) is 5.38. The van der Waals surface area contributed by atoms with E-state index in [9.17, 15) is 9.59 Å². The van der Waals surface area contributed by atoms with Crippen LogP contribution in [0.25, 0.3) is 0 Å². The van der Waals surface area contributed by atoms with Crippen molar-refractivity contribution < 1.29 is 9.59 Å². The highest BCUT2D eigenvalue weighted by Crippen LogP contribution is 2.35. The molecule has 2 aliphatic rings. The first-order chi connectivity index (χ1) is 7.48. The Morgan fingerprint density at radius 3 is 2.38 bits per heavy atom. The molecule has 1 atom stereocenters. The highest BCUT2D eigenvalue weighted by atomic mass is 16.2. The third-order valence-corrected chi connectivity index (χ3v) is 3.87. The van der Waals surface area contributed by atoms with Crippen LogP contribution in [-0.2, 0) is 9.59 Å². The van der Waals surface area contributed by atoms with Gasteiger partial charge >= 0.3 is 0 Å². The standard InChI is InChI=1S/C12H20N2O2/c1-8(2)9-10(15)13-12(6-4-5-7-12)11(16)14(9)3/h8-9H,4-7H2,1-3H3,(H,13,15). The average Bonchev–Trinajstić information content (AvgIpc) is 2.63. The number of amides is 2. The monoisotopic (exact) mass is 224 g/mol. The molecule has 0 aromatic heterocycles. The van der Waals surface area contributed by atoms with Gasteiger partial charge in [0.1, 0.15) is 11.6 Å². The van der Waals surface area contributed by atoms with Crippen LogP contribution < -0.4 is 5.32 Å². The molecule has 1 spiro atoms. The van der Waals surface area contributed by atoms with E-state index < -0.39 is 5.54 Å². The summed E-state index contributed by atoms with van der Waals surface area (Å²) in [5.41, 5.74) is -0.572. The molecule has 1 heterocycles. The number of hydrogen-bond donors (Lipinski definition) is 1. The molecule has 90 valence electrons. The summed E-state index contributed by atoms with van der Waals surface area (Å²) in [5.74, 6) is 0.273. The number of carbonyl (C=O) groups excluding carboxylic acids is 2. The SMILES string of the molecule is CC(C)C1C(=O)NC2(CCCC2)C(=O)N1C. The van der Waals surface area contributed by atoms with Crippen molar-refractivity contribution in [1.82, 2.24) is 10.2 Å². The molecule has 1 saturated carbocycles. The van der Waals surface area contributed by atoms with E-state index in [1.54, 1.807) is 11.9 Å². The van der Waals surface area contributed by atoms with E-state index in [1.165, 1.54) is 0 Å². The van der Waals surface area contributed by atoms with Gasteiger partial charge in [-0.25, -0.2) is 0 Å². The molecule has 1 aliphatic heterocycles. The van der Waals surface area contributed by atoms with Crippen molar-refractivity contribution in [2.75, 3.05) is 7.05 Å². The summed E-state index contributed by atoms with van der Waals surface area (Å²) in [6.07, 6.45) is 3.66. The predicted molar refractivity (Wildman–Crippen MR) is 60.7 cm³/mol. The third kappa shape index (κ3) is 1.51. The fourth-order valence-corrected chi connectivity index (χ4v) is 3.07. The second-order valence-electron chi connectivity index (χ2n) is 5.38. The average molecular weight is 224 g/mol. The Morgan fingerprint density at radius 1 is 1.31 bits per heavy atom. The van der Waals surface area contributed by atoms with Gasteiger partial charge in [-0.1, -0.05) is 26.7 Å². The zero-order valence-corrected chi connectivity index (χ0v) is 10.2. The predicted octanol–water partition coefficient (Wildman–Crippen LogP) is 0.912. The van der Waals surface area contributed by atoms with Crippen molar-refractivity contribution in [3.63, 3.8) is 0 Å². The maximum Gasteiger partial charge on any atom is 0.248 e. The number of rotatable bonds is 1. The van der Waals surface area contributed by atoms with Gasteiger partial charge in [0.2, 0.25) is 11.8 Å². The Balaban J connectivity index is 2.26. The molecule has 16 heavy (non-hydrogen) atoms. The lowest BCUT2D eigenvalue weighted by atomic mass is 9.88. The molecule has 0 aromatic rings. The fourth-order valence-electron chi connectivity index (χ4n) is 3.07. The first kappa shape index (κ1) is 11.4. The summed E-state index contributed by atoms with van der Waals surface area (Å²) in [5, 5.41) is 2.97. The zero-order valence-electron chi connectivity index (χ0n) is 10.2. The van der Waals surface area contributed by atoms with E-state index >= 15 is 0 Å². The van der Waals surface area contributed by atoms with E-state index in [1.807, 2.05) is 13.8 Å². The molecule has 1 aliphatic carbocycles. The smallest absolute Gasteiger partial charge is 0.248 e. The van der Waals surface area contributed by atoms with Gasteiger partial charge in [-0.3, -0.25) is 9.59 Å². The van der Waals surface area contributed by atoms with Gasteiger partial charge in [0.25, 0.3) is 0 Å². The summed E-state index contributed by atoms with van der Waals surface area (Å²) in [4.78, 5) is 26.0. The first-order valence-corrected chi connectivity index (χ1v) is 6.07. The summed E-state index contributed by atoms with van der Waals surface area (Å²) >= 11 is 0. The molecule has 4 heteroatoms. The van der Waals surface area contributed by atoms with Crippen molar-refractivity contribution in [1.29, 1.82) is 0 Å². The van der Waals surface area contributed by atoms with Crippen LogP contribution in [0.2, 0.25) is 0 Å². The number of hydrogen-bond acceptors (Lipinski definition) is 2. The van der Waals surface area contributed by atoms with Crippen LogP contribution in [-0.4, -0.2) is 35.3 Å². The van der Waals surface area contributed by atoms with Gasteiger partial charge in [-0.15, -0.1) is 0 Å². The molecule has 4 nitrogen and oxygen atoms in total. The minimum absolute atomic E-state index is 0.0130. The van der Waals surface area contributed by atoms with Gasteiger partial charge in [-0.05, 0) is 18.8 Å². The lowest BCUT2D eigenvalue weighted by molar-refractivity contribution is -0.154. The number of nitrogens with zero attached hydrogens (tertiary/aromatic N) is 1. The summed E-state index contributed by atoms with van der Waals surface area (Å²) in [7, 11) is 1.76. The zero-order chi connectivity index (χ0) is 11.9. The molecule has 2 rings (SSSR count). The number of piperazine rings is 1. The Labute approximate surface area is 96.4 Å². The maximum atomic E-state index is 12.3. The highest BCUT2D eigenvalue weighted by molar-refractivity contribution is 6.00. The molecule has 2 amide bonds. The number of likely N-dealkylation sites (N-methyl/N-ethyl adjacent to an activating group) is 1. The number of nitrogens with one attached hydrogen (secondary N) is 1. The van der Waals surface area contributed by atoms with Crippen LogP contribution in [0.4, 0.5) is 0 Å². The normalized spacial score (nSPS) is 29.0. The van der Waals surface area contributed by atoms with Crippen molar-refractivity contribution in [3.8, 4) is 0 Å². The van der Waals surface area contributed by atoms with Gasteiger partial charge in [-0.2, -0.15) is 0 Å². The first-order valence-electron chi connectivity index (χ1n) is 6.07. The third-order valence-electron chi connectivity index (χ3n) is 3.87. The van der Waals surface area contributed by atoms with Gasteiger partial charge in [0, 0.05) is 7.05 Å². The van der Waals surface area contributed by atoms with Crippen molar-refractivity contribution in [3.05, 3.63) is 0 Å². The maximum absolute atomic E-state index is 12.3. The molecule has 1 saturated heterocycles. The van der Waals surface area contributed by atoms with Crippen LogP contribution in [0.1, 0.15) is 39.5 Å². The molecule has 0 aromatic carbocycles. The lowest BCUT2D eigenvalue weighted by Crippen LogP contribution is -2.69. The highest BCUT2D eigenvalue weighted by Gasteiger charge is 2.51. The van der Waals surface area contributed by atoms with E-state index in [4.69, 9.17) is 0 Å². The van der Waals surface area contributed by atoms with Crippen molar-refractivity contribution >= 4 is 11.8 Å². The van der Waals surface area contributed by atoms with Crippen LogP contribution in [0.15, 0.2) is 0 Å². The molecule has 2 fully saturated rings.